The van der Waals surface area contributed by atoms with Gasteiger partial charge in [0.15, 0.2) is 0 Å². The monoisotopic (exact) mass is 358 g/mol. The SMILES string of the molecule is O=C(O)C(S)CCCCCc1ccc(OCCc2ccccc2)cc1. The van der Waals surface area contributed by atoms with E-state index in [9.17, 15) is 4.79 Å². The van der Waals surface area contributed by atoms with Crippen LogP contribution in [0, 0.1) is 0 Å². The number of unbranched alkanes of at least 4 members (excludes halogenated alkanes) is 2. The summed E-state index contributed by atoms with van der Waals surface area (Å²) in [5.74, 6) is 0.0743. The lowest BCUT2D eigenvalue weighted by Gasteiger charge is -2.08. The molecular formula is C21H26O3S. The first kappa shape index (κ1) is 19.4. The fourth-order valence-electron chi connectivity index (χ4n) is 2.65. The lowest BCUT2D eigenvalue weighted by Crippen LogP contribution is -2.12. The van der Waals surface area contributed by atoms with Crippen LogP contribution in [0.15, 0.2) is 54.6 Å². The molecule has 1 unspecified atom stereocenters. The second-order valence-corrected chi connectivity index (χ2v) is 6.80. The summed E-state index contributed by atoms with van der Waals surface area (Å²) in [6, 6.07) is 18.6. The number of carboxylic acid groups (broad SMARTS) is 1. The van der Waals surface area contributed by atoms with Crippen LogP contribution in [0.2, 0.25) is 0 Å². The summed E-state index contributed by atoms with van der Waals surface area (Å²) >= 11 is 4.05. The van der Waals surface area contributed by atoms with Gasteiger partial charge in [0.25, 0.3) is 0 Å². The number of hydrogen-bond donors (Lipinski definition) is 2. The molecule has 0 aliphatic carbocycles. The zero-order valence-electron chi connectivity index (χ0n) is 14.4. The molecule has 2 aromatic rings. The van der Waals surface area contributed by atoms with Crippen LogP contribution in [0.3, 0.4) is 0 Å². The average Bonchev–Trinajstić information content (AvgIpc) is 2.63. The highest BCUT2D eigenvalue weighted by Crippen LogP contribution is 2.16. The Hall–Kier alpha value is -1.94. The van der Waals surface area contributed by atoms with Crippen LogP contribution in [-0.2, 0) is 17.6 Å². The Balaban J connectivity index is 1.62. The van der Waals surface area contributed by atoms with Gasteiger partial charge in [0.05, 0.1) is 11.9 Å². The van der Waals surface area contributed by atoms with Crippen molar-refractivity contribution in [3.05, 3.63) is 65.7 Å². The first-order valence-corrected chi connectivity index (χ1v) is 9.33. The molecule has 2 aromatic carbocycles. The predicted molar refractivity (Wildman–Crippen MR) is 105 cm³/mol. The second-order valence-electron chi connectivity index (χ2n) is 6.18. The molecule has 0 aliphatic heterocycles. The van der Waals surface area contributed by atoms with Gasteiger partial charge in [-0.15, -0.1) is 0 Å². The lowest BCUT2D eigenvalue weighted by molar-refractivity contribution is -0.136. The Morgan fingerprint density at radius 1 is 0.920 bits per heavy atom. The van der Waals surface area contributed by atoms with E-state index in [1.807, 2.05) is 30.3 Å². The van der Waals surface area contributed by atoms with Crippen LogP contribution >= 0.6 is 12.6 Å². The highest BCUT2D eigenvalue weighted by atomic mass is 32.1. The minimum absolute atomic E-state index is 0.535. The summed E-state index contributed by atoms with van der Waals surface area (Å²) in [5, 5.41) is 8.25. The van der Waals surface area contributed by atoms with Gasteiger partial charge in [0.1, 0.15) is 5.75 Å². The molecular weight excluding hydrogens is 332 g/mol. The van der Waals surface area contributed by atoms with Gasteiger partial charge in [-0.25, -0.2) is 0 Å². The van der Waals surface area contributed by atoms with Gasteiger partial charge in [0, 0.05) is 6.42 Å². The summed E-state index contributed by atoms with van der Waals surface area (Å²) in [5.41, 5.74) is 2.57. The van der Waals surface area contributed by atoms with Crippen molar-refractivity contribution in [3.8, 4) is 5.75 Å². The van der Waals surface area contributed by atoms with Gasteiger partial charge in [0.2, 0.25) is 0 Å². The number of rotatable bonds is 11. The van der Waals surface area contributed by atoms with Crippen LogP contribution in [0.4, 0.5) is 0 Å². The van der Waals surface area contributed by atoms with Crippen molar-refractivity contribution < 1.29 is 14.6 Å². The van der Waals surface area contributed by atoms with Crippen LogP contribution in [0.25, 0.3) is 0 Å². The number of carboxylic acids is 1. The number of aliphatic carboxylic acids is 1. The molecule has 0 bridgehead atoms. The maximum absolute atomic E-state index is 10.7. The molecule has 0 spiro atoms. The van der Waals surface area contributed by atoms with Gasteiger partial charge >= 0.3 is 5.97 Å². The topological polar surface area (TPSA) is 46.5 Å². The Morgan fingerprint density at radius 3 is 2.28 bits per heavy atom. The molecule has 0 saturated carbocycles. The molecule has 134 valence electrons. The fourth-order valence-corrected chi connectivity index (χ4v) is 2.83. The average molecular weight is 359 g/mol. The molecule has 0 radical (unpaired) electrons. The summed E-state index contributed by atoms with van der Waals surface area (Å²) in [4.78, 5) is 10.7. The third kappa shape index (κ3) is 7.65. The Kier molecular flexibility index (Phi) is 8.40. The number of benzene rings is 2. The van der Waals surface area contributed by atoms with Crippen molar-refractivity contribution in [3.63, 3.8) is 0 Å². The number of thiol groups is 1. The molecule has 0 saturated heterocycles. The van der Waals surface area contributed by atoms with Crippen LogP contribution in [0.5, 0.6) is 5.75 Å². The maximum Gasteiger partial charge on any atom is 0.316 e. The molecule has 0 fully saturated rings. The van der Waals surface area contributed by atoms with Crippen LogP contribution in [-0.4, -0.2) is 22.9 Å². The van der Waals surface area contributed by atoms with Crippen LogP contribution < -0.4 is 4.74 Å². The largest absolute Gasteiger partial charge is 0.493 e. The third-order valence-corrected chi connectivity index (χ3v) is 4.63. The number of carbonyl (C=O) groups is 1. The minimum atomic E-state index is -0.828. The van der Waals surface area contributed by atoms with E-state index in [1.165, 1.54) is 11.1 Å². The summed E-state index contributed by atoms with van der Waals surface area (Å²) in [6.45, 7) is 0.678. The summed E-state index contributed by atoms with van der Waals surface area (Å²) < 4.78 is 5.79. The van der Waals surface area contributed by atoms with E-state index in [-0.39, 0.29) is 0 Å². The van der Waals surface area contributed by atoms with Crippen molar-refractivity contribution in [1.82, 2.24) is 0 Å². The van der Waals surface area contributed by atoms with Crippen molar-refractivity contribution in [1.29, 1.82) is 0 Å². The minimum Gasteiger partial charge on any atom is -0.493 e. The van der Waals surface area contributed by atoms with Gasteiger partial charge < -0.3 is 9.84 Å². The molecule has 0 aliphatic rings. The van der Waals surface area contributed by atoms with Crippen molar-refractivity contribution in [2.75, 3.05) is 6.61 Å². The van der Waals surface area contributed by atoms with Crippen LogP contribution in [0.1, 0.15) is 36.8 Å². The van der Waals surface area contributed by atoms with Gasteiger partial charge in [-0.1, -0.05) is 55.3 Å². The van der Waals surface area contributed by atoms with E-state index < -0.39 is 11.2 Å². The number of ether oxygens (including phenoxy) is 1. The highest BCUT2D eigenvalue weighted by molar-refractivity contribution is 7.81. The standard InChI is InChI=1S/C21H26O3S/c22-21(23)20(25)10-6-2-5-9-18-11-13-19(14-12-18)24-16-15-17-7-3-1-4-8-17/h1,3-4,7-8,11-14,20,25H,2,5-6,9-10,15-16H2,(H,22,23). The Morgan fingerprint density at radius 2 is 1.60 bits per heavy atom. The quantitative estimate of drug-likeness (QED) is 0.448. The van der Waals surface area contributed by atoms with Gasteiger partial charge in [-0.2, -0.15) is 12.6 Å². The van der Waals surface area contributed by atoms with Gasteiger partial charge in [-0.05, 0) is 42.5 Å². The predicted octanol–water partition coefficient (Wildman–Crippen LogP) is 4.79. The third-order valence-electron chi connectivity index (χ3n) is 4.15. The Labute approximate surface area is 155 Å². The second kappa shape index (κ2) is 10.8. The molecule has 4 heteroatoms. The number of aryl methyl sites for hydroxylation is 1. The van der Waals surface area contributed by atoms with E-state index in [1.54, 1.807) is 0 Å². The van der Waals surface area contributed by atoms with E-state index >= 15 is 0 Å². The van der Waals surface area contributed by atoms with E-state index in [0.29, 0.717) is 13.0 Å². The van der Waals surface area contributed by atoms with Gasteiger partial charge in [-0.3, -0.25) is 4.79 Å². The molecule has 1 N–H and O–H groups in total. The fraction of sp³-hybridized carbons (Fsp3) is 0.381. The summed E-state index contributed by atoms with van der Waals surface area (Å²) in [7, 11) is 0. The molecule has 0 aromatic heterocycles. The molecule has 2 rings (SSSR count). The normalized spacial score (nSPS) is 11.9. The molecule has 3 nitrogen and oxygen atoms in total. The molecule has 0 heterocycles. The molecule has 0 amide bonds. The summed E-state index contributed by atoms with van der Waals surface area (Å²) in [6.07, 6.45) is 5.54. The lowest BCUT2D eigenvalue weighted by atomic mass is 10.1. The number of hydrogen-bond acceptors (Lipinski definition) is 3. The first-order chi connectivity index (χ1) is 12.1. The van der Waals surface area contributed by atoms with E-state index in [0.717, 1.165) is 37.9 Å². The zero-order valence-corrected chi connectivity index (χ0v) is 15.3. The maximum atomic E-state index is 10.7. The molecule has 25 heavy (non-hydrogen) atoms. The van der Waals surface area contributed by atoms with Crippen molar-refractivity contribution in [2.24, 2.45) is 0 Å². The van der Waals surface area contributed by atoms with Crippen molar-refractivity contribution >= 4 is 18.6 Å². The Bertz CT molecular complexity index is 625. The van der Waals surface area contributed by atoms with E-state index in [2.05, 4.69) is 36.9 Å². The highest BCUT2D eigenvalue weighted by Gasteiger charge is 2.10. The smallest absolute Gasteiger partial charge is 0.316 e. The first-order valence-electron chi connectivity index (χ1n) is 8.81. The van der Waals surface area contributed by atoms with Crippen molar-refractivity contribution in [2.45, 2.75) is 43.8 Å². The van der Waals surface area contributed by atoms with E-state index in [4.69, 9.17) is 9.84 Å². The zero-order chi connectivity index (χ0) is 17.9. The molecule has 1 atom stereocenters.